The predicted octanol–water partition coefficient (Wildman–Crippen LogP) is 2.00. The second-order valence-corrected chi connectivity index (χ2v) is 4.60. The third-order valence-corrected chi connectivity index (χ3v) is 3.01. The largest absolute Gasteiger partial charge is 0.478 e. The molecule has 2 aromatic carbocycles. The maximum atomic E-state index is 12.1. The first-order chi connectivity index (χ1) is 11.3. The van der Waals surface area contributed by atoms with E-state index in [-0.39, 0.29) is 16.7 Å². The molecule has 0 spiro atoms. The van der Waals surface area contributed by atoms with Crippen molar-refractivity contribution in [3.8, 4) is 5.75 Å². The fourth-order valence-corrected chi connectivity index (χ4v) is 1.85. The first-order valence-corrected chi connectivity index (χ1v) is 6.45. The molecule has 2 aromatic rings. The molecule has 8 nitrogen and oxygen atoms in total. The molecule has 0 aliphatic heterocycles. The maximum Gasteiger partial charge on any atom is 0.343 e. The van der Waals surface area contributed by atoms with Gasteiger partial charge in [-0.3, -0.25) is 0 Å². The highest BCUT2D eigenvalue weighted by atomic mass is 16.5. The van der Waals surface area contributed by atoms with E-state index < -0.39 is 35.2 Å². The quantitative estimate of drug-likeness (QED) is 0.559. The summed E-state index contributed by atoms with van der Waals surface area (Å²) >= 11 is 0. The van der Waals surface area contributed by atoms with Gasteiger partial charge in [0.25, 0.3) is 0 Å². The summed E-state index contributed by atoms with van der Waals surface area (Å²) in [4.78, 5) is 45.1. The second kappa shape index (κ2) is 6.61. The predicted molar refractivity (Wildman–Crippen MR) is 78.7 cm³/mol. The Bertz CT molecular complexity index is 853. The van der Waals surface area contributed by atoms with Gasteiger partial charge in [-0.1, -0.05) is 6.07 Å². The Hall–Kier alpha value is -3.68. The van der Waals surface area contributed by atoms with Gasteiger partial charge in [0.15, 0.2) is 0 Å². The molecule has 0 aliphatic rings. The first kappa shape index (κ1) is 16.7. The lowest BCUT2D eigenvalue weighted by atomic mass is 10.1. The highest BCUT2D eigenvalue weighted by Gasteiger charge is 2.19. The van der Waals surface area contributed by atoms with Gasteiger partial charge in [-0.25, -0.2) is 19.2 Å². The fourth-order valence-electron chi connectivity index (χ4n) is 1.85. The summed E-state index contributed by atoms with van der Waals surface area (Å²) in [5, 5.41) is 26.9. The minimum atomic E-state index is -1.41. The third-order valence-electron chi connectivity index (χ3n) is 3.01. The number of carboxylic acid groups (broad SMARTS) is 3. The molecule has 0 heterocycles. The van der Waals surface area contributed by atoms with Gasteiger partial charge in [-0.15, -0.1) is 0 Å². The minimum Gasteiger partial charge on any atom is -0.478 e. The third kappa shape index (κ3) is 3.55. The zero-order valence-corrected chi connectivity index (χ0v) is 11.9. The second-order valence-electron chi connectivity index (χ2n) is 4.60. The minimum absolute atomic E-state index is 0.119. The zero-order chi connectivity index (χ0) is 17.9. The van der Waals surface area contributed by atoms with Crippen molar-refractivity contribution in [1.82, 2.24) is 0 Å². The molecule has 0 bridgehead atoms. The number of ether oxygens (including phenoxy) is 1. The molecule has 3 N–H and O–H groups in total. The van der Waals surface area contributed by atoms with Gasteiger partial charge in [0.1, 0.15) is 11.3 Å². The summed E-state index contributed by atoms with van der Waals surface area (Å²) in [5.74, 6) is -5.44. The number of carbonyl (C=O) groups is 4. The van der Waals surface area contributed by atoms with Crippen LogP contribution in [-0.2, 0) is 0 Å². The van der Waals surface area contributed by atoms with Crippen LogP contribution in [0.3, 0.4) is 0 Å². The van der Waals surface area contributed by atoms with Crippen LogP contribution in [-0.4, -0.2) is 39.2 Å². The van der Waals surface area contributed by atoms with E-state index in [1.165, 1.54) is 18.2 Å². The number of rotatable bonds is 5. The number of benzene rings is 2. The molecule has 0 saturated heterocycles. The SMILES string of the molecule is O=C(O)c1cccc(C(=O)Oc2cc(C(=O)O)ccc2C(=O)O)c1. The van der Waals surface area contributed by atoms with Crippen LogP contribution in [0.1, 0.15) is 41.4 Å². The molecule has 0 aromatic heterocycles. The molecule has 0 aliphatic carbocycles. The monoisotopic (exact) mass is 330 g/mol. The molecule has 0 unspecified atom stereocenters. The van der Waals surface area contributed by atoms with Gasteiger partial charge in [0, 0.05) is 0 Å². The molecule has 122 valence electrons. The normalized spacial score (nSPS) is 10.0. The van der Waals surface area contributed by atoms with E-state index in [1.807, 2.05) is 0 Å². The van der Waals surface area contributed by atoms with Crippen molar-refractivity contribution in [2.45, 2.75) is 0 Å². The van der Waals surface area contributed by atoms with Crippen molar-refractivity contribution in [1.29, 1.82) is 0 Å². The van der Waals surface area contributed by atoms with Crippen molar-refractivity contribution in [2.24, 2.45) is 0 Å². The van der Waals surface area contributed by atoms with Gasteiger partial charge in [-0.05, 0) is 36.4 Å². The Morgan fingerprint density at radius 3 is 1.88 bits per heavy atom. The Morgan fingerprint density at radius 2 is 1.29 bits per heavy atom. The lowest BCUT2D eigenvalue weighted by molar-refractivity contribution is 0.0663. The summed E-state index contributed by atoms with van der Waals surface area (Å²) in [6.45, 7) is 0. The molecule has 0 amide bonds. The topological polar surface area (TPSA) is 138 Å². The molecule has 0 fully saturated rings. The maximum absolute atomic E-state index is 12.1. The van der Waals surface area contributed by atoms with Crippen LogP contribution in [0.25, 0.3) is 0 Å². The first-order valence-electron chi connectivity index (χ1n) is 6.45. The van der Waals surface area contributed by atoms with E-state index in [2.05, 4.69) is 0 Å². The van der Waals surface area contributed by atoms with Crippen molar-refractivity contribution in [2.75, 3.05) is 0 Å². The number of hydrogen-bond acceptors (Lipinski definition) is 5. The fraction of sp³-hybridized carbons (Fsp3) is 0. The molecule has 0 atom stereocenters. The summed E-state index contributed by atoms with van der Waals surface area (Å²) < 4.78 is 4.94. The van der Waals surface area contributed by atoms with Crippen molar-refractivity contribution in [3.63, 3.8) is 0 Å². The zero-order valence-electron chi connectivity index (χ0n) is 11.9. The number of aromatic carboxylic acids is 3. The molecule has 2 rings (SSSR count). The Kier molecular flexibility index (Phi) is 4.60. The van der Waals surface area contributed by atoms with Crippen LogP contribution in [0.2, 0.25) is 0 Å². The van der Waals surface area contributed by atoms with E-state index in [0.29, 0.717) is 0 Å². The Labute approximate surface area is 134 Å². The highest BCUT2D eigenvalue weighted by molar-refractivity contribution is 5.98. The molecule has 8 heteroatoms. The van der Waals surface area contributed by atoms with Gasteiger partial charge < -0.3 is 20.1 Å². The summed E-state index contributed by atoms with van der Waals surface area (Å²) in [7, 11) is 0. The van der Waals surface area contributed by atoms with Gasteiger partial charge in [0.2, 0.25) is 0 Å². The molecule has 0 saturated carbocycles. The highest BCUT2D eigenvalue weighted by Crippen LogP contribution is 2.22. The van der Waals surface area contributed by atoms with Crippen LogP contribution < -0.4 is 4.74 Å². The average molecular weight is 330 g/mol. The molecular formula is C16H10O8. The molecule has 0 radical (unpaired) electrons. The van der Waals surface area contributed by atoms with E-state index in [1.54, 1.807) is 0 Å². The van der Waals surface area contributed by atoms with Crippen LogP contribution in [0.4, 0.5) is 0 Å². The Balaban J connectivity index is 2.39. The van der Waals surface area contributed by atoms with E-state index >= 15 is 0 Å². The summed E-state index contributed by atoms with van der Waals surface area (Å²) in [6, 6.07) is 7.92. The van der Waals surface area contributed by atoms with Gasteiger partial charge >= 0.3 is 23.9 Å². The van der Waals surface area contributed by atoms with Crippen LogP contribution in [0.15, 0.2) is 42.5 Å². The van der Waals surface area contributed by atoms with Gasteiger partial charge in [-0.2, -0.15) is 0 Å². The van der Waals surface area contributed by atoms with Gasteiger partial charge in [0.05, 0.1) is 16.7 Å². The summed E-state index contributed by atoms with van der Waals surface area (Å²) in [6.07, 6.45) is 0. The Morgan fingerprint density at radius 1 is 0.708 bits per heavy atom. The number of hydrogen-bond donors (Lipinski definition) is 3. The molecular weight excluding hydrogens is 320 g/mol. The van der Waals surface area contributed by atoms with Crippen LogP contribution in [0, 0.1) is 0 Å². The smallest absolute Gasteiger partial charge is 0.343 e. The average Bonchev–Trinajstić information content (AvgIpc) is 2.54. The van der Waals surface area contributed by atoms with E-state index in [0.717, 1.165) is 24.3 Å². The van der Waals surface area contributed by atoms with Crippen molar-refractivity contribution >= 4 is 23.9 Å². The molecule has 24 heavy (non-hydrogen) atoms. The number of carboxylic acids is 3. The van der Waals surface area contributed by atoms with Crippen LogP contribution in [0.5, 0.6) is 5.75 Å². The number of carbonyl (C=O) groups excluding carboxylic acids is 1. The lowest BCUT2D eigenvalue weighted by Crippen LogP contribution is -2.13. The van der Waals surface area contributed by atoms with Crippen molar-refractivity contribution < 1.29 is 39.2 Å². The standard InChI is InChI=1S/C16H10O8/c17-13(18)8-2-1-3-10(6-8)16(23)24-12-7-9(14(19)20)4-5-11(12)15(21)22/h1-7H,(H,17,18)(H,19,20)(H,21,22). The van der Waals surface area contributed by atoms with E-state index in [4.69, 9.17) is 20.1 Å². The van der Waals surface area contributed by atoms with Crippen molar-refractivity contribution in [3.05, 3.63) is 64.7 Å². The number of esters is 1. The van der Waals surface area contributed by atoms with E-state index in [9.17, 15) is 19.2 Å². The summed E-state index contributed by atoms with van der Waals surface area (Å²) in [5.41, 5.74) is -0.931. The van der Waals surface area contributed by atoms with Crippen LogP contribution >= 0.6 is 0 Å². The lowest BCUT2D eigenvalue weighted by Gasteiger charge is -2.09.